The van der Waals surface area contributed by atoms with Crippen molar-refractivity contribution < 1.29 is 9.53 Å². The van der Waals surface area contributed by atoms with Crippen molar-refractivity contribution in [1.82, 2.24) is 0 Å². The van der Waals surface area contributed by atoms with E-state index in [1.54, 1.807) is 0 Å². The first kappa shape index (κ1) is 14.5. The van der Waals surface area contributed by atoms with Crippen LogP contribution in [0.3, 0.4) is 0 Å². The Kier molecular flexibility index (Phi) is 3.51. The maximum atomic E-state index is 12.3. The van der Waals surface area contributed by atoms with Gasteiger partial charge in [-0.3, -0.25) is 0 Å². The molecule has 2 nitrogen and oxygen atoms in total. The van der Waals surface area contributed by atoms with E-state index in [0.717, 1.165) is 27.3 Å². The lowest BCUT2D eigenvalue weighted by Gasteiger charge is -2.13. The Labute approximate surface area is 140 Å². The third kappa shape index (κ3) is 2.33. The third-order valence-electron chi connectivity index (χ3n) is 4.37. The maximum absolute atomic E-state index is 12.3. The molecule has 24 heavy (non-hydrogen) atoms. The monoisotopic (exact) mass is 312 g/mol. The number of hydrogen-bond donors (Lipinski definition) is 0. The van der Waals surface area contributed by atoms with Gasteiger partial charge in [-0.15, -0.1) is 0 Å². The summed E-state index contributed by atoms with van der Waals surface area (Å²) in [5, 5.41) is 4.49. The van der Waals surface area contributed by atoms with Crippen molar-refractivity contribution in [3.63, 3.8) is 0 Å². The SMILES string of the molecule is COC(=O)c1ccc2ccccc2c1-c1ccc2ccccc2c1. The second kappa shape index (κ2) is 5.82. The second-order valence-corrected chi connectivity index (χ2v) is 5.76. The van der Waals surface area contributed by atoms with E-state index < -0.39 is 0 Å². The van der Waals surface area contributed by atoms with Crippen LogP contribution in [-0.4, -0.2) is 13.1 Å². The number of ether oxygens (including phenoxy) is 1. The highest BCUT2D eigenvalue weighted by Crippen LogP contribution is 2.34. The summed E-state index contributed by atoms with van der Waals surface area (Å²) in [5.41, 5.74) is 2.53. The van der Waals surface area contributed by atoms with Crippen molar-refractivity contribution in [2.24, 2.45) is 0 Å². The van der Waals surface area contributed by atoms with E-state index in [-0.39, 0.29) is 5.97 Å². The van der Waals surface area contributed by atoms with Crippen LogP contribution in [0.15, 0.2) is 78.9 Å². The Bertz CT molecular complexity index is 1060. The molecule has 116 valence electrons. The van der Waals surface area contributed by atoms with Gasteiger partial charge in [0, 0.05) is 5.56 Å². The molecular weight excluding hydrogens is 296 g/mol. The van der Waals surface area contributed by atoms with Crippen molar-refractivity contribution in [3.05, 3.63) is 84.4 Å². The number of fused-ring (bicyclic) bond motifs is 2. The highest BCUT2D eigenvalue weighted by molar-refractivity contribution is 6.09. The van der Waals surface area contributed by atoms with Gasteiger partial charge in [-0.25, -0.2) is 4.79 Å². The Hall–Kier alpha value is -3.13. The standard InChI is InChI=1S/C22H16O2/c1-24-22(23)20-13-12-16-7-4-5-9-19(16)21(20)18-11-10-15-6-2-3-8-17(15)14-18/h2-14H,1H3. The van der Waals surface area contributed by atoms with Gasteiger partial charge in [-0.05, 0) is 39.2 Å². The fraction of sp³-hybridized carbons (Fsp3) is 0.0455. The van der Waals surface area contributed by atoms with E-state index in [0.29, 0.717) is 5.56 Å². The Morgan fingerprint density at radius 2 is 1.42 bits per heavy atom. The van der Waals surface area contributed by atoms with E-state index >= 15 is 0 Å². The smallest absolute Gasteiger partial charge is 0.338 e. The van der Waals surface area contributed by atoms with Crippen molar-refractivity contribution in [1.29, 1.82) is 0 Å². The molecule has 0 heterocycles. The zero-order valence-corrected chi connectivity index (χ0v) is 13.3. The largest absolute Gasteiger partial charge is 0.465 e. The van der Waals surface area contributed by atoms with Crippen LogP contribution in [0.25, 0.3) is 32.7 Å². The zero-order valence-electron chi connectivity index (χ0n) is 13.3. The van der Waals surface area contributed by atoms with Gasteiger partial charge in [0.25, 0.3) is 0 Å². The van der Waals surface area contributed by atoms with E-state index in [4.69, 9.17) is 4.74 Å². The first-order valence-corrected chi connectivity index (χ1v) is 7.87. The number of rotatable bonds is 2. The van der Waals surface area contributed by atoms with E-state index in [9.17, 15) is 4.79 Å². The zero-order chi connectivity index (χ0) is 16.5. The van der Waals surface area contributed by atoms with Crippen molar-refractivity contribution >= 4 is 27.5 Å². The molecule has 0 aliphatic heterocycles. The van der Waals surface area contributed by atoms with Crippen LogP contribution < -0.4 is 0 Å². The predicted octanol–water partition coefficient (Wildman–Crippen LogP) is 5.45. The van der Waals surface area contributed by atoms with Crippen molar-refractivity contribution in [2.45, 2.75) is 0 Å². The van der Waals surface area contributed by atoms with Gasteiger partial charge in [0.2, 0.25) is 0 Å². The van der Waals surface area contributed by atoms with Gasteiger partial charge in [0.05, 0.1) is 12.7 Å². The van der Waals surface area contributed by atoms with E-state index in [2.05, 4.69) is 36.4 Å². The second-order valence-electron chi connectivity index (χ2n) is 5.76. The minimum Gasteiger partial charge on any atom is -0.465 e. The number of esters is 1. The van der Waals surface area contributed by atoms with Crippen LogP contribution in [0.2, 0.25) is 0 Å². The number of hydrogen-bond acceptors (Lipinski definition) is 2. The summed E-state index contributed by atoms with van der Waals surface area (Å²) in [6, 6.07) is 26.4. The van der Waals surface area contributed by atoms with Gasteiger partial charge in [-0.2, -0.15) is 0 Å². The van der Waals surface area contributed by atoms with Crippen LogP contribution in [0.4, 0.5) is 0 Å². The molecule has 0 saturated heterocycles. The quantitative estimate of drug-likeness (QED) is 0.460. The molecule has 0 spiro atoms. The summed E-state index contributed by atoms with van der Waals surface area (Å²) in [7, 11) is 1.42. The summed E-state index contributed by atoms with van der Waals surface area (Å²) >= 11 is 0. The molecule has 0 bridgehead atoms. The lowest BCUT2D eigenvalue weighted by Crippen LogP contribution is -2.04. The Morgan fingerprint density at radius 1 is 0.750 bits per heavy atom. The molecule has 0 saturated carbocycles. The minimum absolute atomic E-state index is 0.316. The Balaban J connectivity index is 2.07. The van der Waals surface area contributed by atoms with Crippen molar-refractivity contribution in [3.8, 4) is 11.1 Å². The first-order chi connectivity index (χ1) is 11.8. The first-order valence-electron chi connectivity index (χ1n) is 7.87. The molecular formula is C22H16O2. The molecule has 4 aromatic carbocycles. The molecule has 2 heteroatoms. The highest BCUT2D eigenvalue weighted by atomic mass is 16.5. The normalized spacial score (nSPS) is 10.9. The molecule has 0 N–H and O–H groups in total. The van der Waals surface area contributed by atoms with Crippen LogP contribution >= 0.6 is 0 Å². The Morgan fingerprint density at radius 3 is 2.21 bits per heavy atom. The fourth-order valence-corrected chi connectivity index (χ4v) is 3.21. The molecule has 0 aliphatic carbocycles. The van der Waals surface area contributed by atoms with E-state index in [1.807, 2.05) is 42.5 Å². The molecule has 4 aromatic rings. The predicted molar refractivity (Wildman–Crippen MR) is 98.2 cm³/mol. The minimum atomic E-state index is -0.316. The molecule has 4 rings (SSSR count). The number of carbonyl (C=O) groups is 1. The number of benzene rings is 4. The third-order valence-corrected chi connectivity index (χ3v) is 4.37. The average Bonchev–Trinajstić information content (AvgIpc) is 2.66. The number of carbonyl (C=O) groups excluding carboxylic acids is 1. The van der Waals surface area contributed by atoms with Crippen LogP contribution in [0.1, 0.15) is 10.4 Å². The molecule has 0 unspecified atom stereocenters. The van der Waals surface area contributed by atoms with Gasteiger partial charge in [0.15, 0.2) is 0 Å². The summed E-state index contributed by atoms with van der Waals surface area (Å²) in [6.07, 6.45) is 0. The van der Waals surface area contributed by atoms with Crippen LogP contribution in [0.5, 0.6) is 0 Å². The topological polar surface area (TPSA) is 26.3 Å². The summed E-state index contributed by atoms with van der Waals surface area (Å²) in [6.45, 7) is 0. The lowest BCUT2D eigenvalue weighted by atomic mass is 9.92. The molecule has 0 radical (unpaired) electrons. The molecule has 0 amide bonds. The molecule has 0 aliphatic rings. The molecule has 0 aromatic heterocycles. The van der Waals surface area contributed by atoms with Crippen molar-refractivity contribution in [2.75, 3.05) is 7.11 Å². The number of methoxy groups -OCH3 is 1. The van der Waals surface area contributed by atoms with Gasteiger partial charge in [0.1, 0.15) is 0 Å². The summed E-state index contributed by atoms with van der Waals surface area (Å²) in [5.74, 6) is -0.316. The van der Waals surface area contributed by atoms with E-state index in [1.165, 1.54) is 12.5 Å². The lowest BCUT2D eigenvalue weighted by molar-refractivity contribution is 0.0602. The van der Waals surface area contributed by atoms with Crippen LogP contribution in [-0.2, 0) is 4.74 Å². The average molecular weight is 312 g/mol. The van der Waals surface area contributed by atoms with Crippen LogP contribution in [0, 0.1) is 0 Å². The maximum Gasteiger partial charge on any atom is 0.338 e. The fourth-order valence-electron chi connectivity index (χ4n) is 3.21. The molecule has 0 fully saturated rings. The summed E-state index contributed by atoms with van der Waals surface area (Å²) in [4.78, 5) is 12.3. The summed E-state index contributed by atoms with van der Waals surface area (Å²) < 4.78 is 5.00. The highest BCUT2D eigenvalue weighted by Gasteiger charge is 2.16. The molecule has 0 atom stereocenters. The van der Waals surface area contributed by atoms with Gasteiger partial charge >= 0.3 is 5.97 Å². The van der Waals surface area contributed by atoms with Gasteiger partial charge < -0.3 is 4.74 Å². The van der Waals surface area contributed by atoms with Gasteiger partial charge in [-0.1, -0.05) is 66.7 Å².